The zero-order valence-electron chi connectivity index (χ0n) is 19.6. The van der Waals surface area contributed by atoms with E-state index in [1.807, 2.05) is 41.3 Å². The molecule has 1 N–H and O–H groups in total. The van der Waals surface area contributed by atoms with Crippen LogP contribution in [0.25, 0.3) is 0 Å². The van der Waals surface area contributed by atoms with E-state index in [0.29, 0.717) is 44.9 Å². The Kier molecular flexibility index (Phi) is 6.72. The maximum atomic E-state index is 12.6. The van der Waals surface area contributed by atoms with Crippen molar-refractivity contribution >= 4 is 17.5 Å². The average molecular weight is 464 g/mol. The van der Waals surface area contributed by atoms with Crippen molar-refractivity contribution < 1.29 is 19.1 Å². The number of fused-ring (bicyclic) bond motifs is 1. The summed E-state index contributed by atoms with van der Waals surface area (Å²) in [6, 6.07) is 15.9. The molecule has 2 aromatic rings. The Labute approximate surface area is 201 Å². The Hall–Kier alpha value is -3.06. The number of carbonyl (C=O) groups is 2. The molecule has 2 aromatic carbocycles. The molecule has 1 saturated heterocycles. The van der Waals surface area contributed by atoms with Gasteiger partial charge in [0, 0.05) is 57.2 Å². The van der Waals surface area contributed by atoms with Crippen molar-refractivity contribution in [2.45, 2.75) is 50.7 Å². The second-order valence-electron chi connectivity index (χ2n) is 9.53. The van der Waals surface area contributed by atoms with Gasteiger partial charge in [0.25, 0.3) is 5.79 Å². The van der Waals surface area contributed by atoms with Crippen molar-refractivity contribution in [2.75, 3.05) is 38.0 Å². The number of amides is 2. The fourth-order valence-corrected chi connectivity index (χ4v) is 5.09. The number of rotatable bonds is 7. The fourth-order valence-electron chi connectivity index (χ4n) is 5.09. The summed E-state index contributed by atoms with van der Waals surface area (Å²) in [5.41, 5.74) is 1.99. The molecule has 2 fully saturated rings. The summed E-state index contributed by atoms with van der Waals surface area (Å²) >= 11 is 0. The van der Waals surface area contributed by atoms with Crippen molar-refractivity contribution in [1.29, 1.82) is 0 Å². The predicted molar refractivity (Wildman–Crippen MR) is 130 cm³/mol. The van der Waals surface area contributed by atoms with E-state index < -0.39 is 5.79 Å². The molecule has 180 valence electrons. The van der Waals surface area contributed by atoms with Crippen molar-refractivity contribution in [2.24, 2.45) is 0 Å². The van der Waals surface area contributed by atoms with Crippen LogP contribution in [0, 0.1) is 0 Å². The van der Waals surface area contributed by atoms with Gasteiger partial charge < -0.3 is 19.7 Å². The van der Waals surface area contributed by atoms with Gasteiger partial charge in [0.2, 0.25) is 11.8 Å². The van der Waals surface area contributed by atoms with Gasteiger partial charge in [-0.05, 0) is 43.4 Å². The molecule has 0 radical (unpaired) electrons. The van der Waals surface area contributed by atoms with Gasteiger partial charge in [-0.2, -0.15) is 0 Å². The third-order valence-electron chi connectivity index (χ3n) is 6.98. The highest BCUT2D eigenvalue weighted by atomic mass is 16.7. The lowest BCUT2D eigenvalue weighted by Gasteiger charge is -2.34. The monoisotopic (exact) mass is 463 g/mol. The van der Waals surface area contributed by atoms with Crippen LogP contribution in [-0.4, -0.2) is 60.1 Å². The lowest BCUT2D eigenvalue weighted by Crippen LogP contribution is -2.50. The van der Waals surface area contributed by atoms with Crippen molar-refractivity contribution in [3.05, 3.63) is 54.1 Å². The summed E-state index contributed by atoms with van der Waals surface area (Å²) in [4.78, 5) is 29.2. The van der Waals surface area contributed by atoms with Gasteiger partial charge in [0.1, 0.15) is 0 Å². The number of nitrogens with one attached hydrogen (secondary N) is 1. The molecular weight excluding hydrogens is 430 g/mol. The van der Waals surface area contributed by atoms with Gasteiger partial charge >= 0.3 is 0 Å². The summed E-state index contributed by atoms with van der Waals surface area (Å²) in [6.07, 6.45) is 6.40. The highest BCUT2D eigenvalue weighted by Gasteiger charge is 2.44. The molecule has 2 amide bonds. The van der Waals surface area contributed by atoms with E-state index in [0.717, 1.165) is 50.0 Å². The molecule has 0 aromatic heterocycles. The number of hydrogen-bond donors (Lipinski definition) is 1. The van der Waals surface area contributed by atoms with Crippen LogP contribution in [0.1, 0.15) is 44.1 Å². The number of carbonyl (C=O) groups excluding carboxylic acids is 2. The van der Waals surface area contributed by atoms with Crippen LogP contribution >= 0.6 is 0 Å². The molecule has 0 bridgehead atoms. The van der Waals surface area contributed by atoms with Gasteiger partial charge in [0.05, 0.1) is 6.54 Å². The van der Waals surface area contributed by atoms with Gasteiger partial charge in [-0.15, -0.1) is 0 Å². The molecule has 2 aliphatic heterocycles. The maximum absolute atomic E-state index is 12.6. The van der Waals surface area contributed by atoms with E-state index in [9.17, 15) is 9.59 Å². The lowest BCUT2D eigenvalue weighted by atomic mass is 10.1. The van der Waals surface area contributed by atoms with E-state index in [2.05, 4.69) is 22.3 Å². The maximum Gasteiger partial charge on any atom is 0.251 e. The standard InChI is InChI=1S/C27H33N3O4/c31-25(28-22-11-12-23-24(19-22)34-27(33-23)13-4-5-14-27)20-29-15-17-30(18-16-29)26(32)10-6-9-21-7-2-1-3-8-21/h1-3,7-8,11-12,19H,4-6,9-10,13-18,20H2,(H,28,31). The highest BCUT2D eigenvalue weighted by molar-refractivity contribution is 5.92. The first-order valence-electron chi connectivity index (χ1n) is 12.4. The number of benzene rings is 2. The third-order valence-corrected chi connectivity index (χ3v) is 6.98. The van der Waals surface area contributed by atoms with Gasteiger partial charge in [0.15, 0.2) is 11.5 Å². The second-order valence-corrected chi connectivity index (χ2v) is 9.53. The predicted octanol–water partition coefficient (Wildman–Crippen LogP) is 3.83. The first kappa shape index (κ1) is 22.7. The second kappa shape index (κ2) is 10.1. The summed E-state index contributed by atoms with van der Waals surface area (Å²) in [5.74, 6) is 1.12. The molecule has 7 nitrogen and oxygen atoms in total. The quantitative estimate of drug-likeness (QED) is 0.676. The number of anilines is 1. The summed E-state index contributed by atoms with van der Waals surface area (Å²) in [7, 11) is 0. The SMILES string of the molecule is O=C(CN1CCN(C(=O)CCCc2ccccc2)CC1)Nc1ccc2c(c1)OC1(CCCC1)O2. The third kappa shape index (κ3) is 5.36. The van der Waals surface area contributed by atoms with E-state index >= 15 is 0 Å². The number of piperazine rings is 1. The number of hydrogen-bond acceptors (Lipinski definition) is 5. The van der Waals surface area contributed by atoms with E-state index in [4.69, 9.17) is 9.47 Å². The van der Waals surface area contributed by atoms with Crippen LogP contribution in [0.15, 0.2) is 48.5 Å². The molecule has 1 aliphatic carbocycles. The topological polar surface area (TPSA) is 71.1 Å². The molecular formula is C27H33N3O4. The molecule has 1 spiro atoms. The van der Waals surface area contributed by atoms with E-state index in [-0.39, 0.29) is 11.8 Å². The normalized spacial score (nSPS) is 18.9. The molecule has 3 aliphatic rings. The number of aryl methyl sites for hydroxylation is 1. The Morgan fingerprint density at radius 2 is 1.65 bits per heavy atom. The average Bonchev–Trinajstić information content (AvgIpc) is 3.45. The summed E-state index contributed by atoms with van der Waals surface area (Å²) in [5, 5.41) is 2.98. The van der Waals surface area contributed by atoms with E-state index in [1.165, 1.54) is 5.56 Å². The van der Waals surface area contributed by atoms with Crippen LogP contribution in [-0.2, 0) is 16.0 Å². The Morgan fingerprint density at radius 3 is 2.41 bits per heavy atom. The highest BCUT2D eigenvalue weighted by Crippen LogP contribution is 2.47. The van der Waals surface area contributed by atoms with Crippen molar-refractivity contribution in [3.63, 3.8) is 0 Å². The summed E-state index contributed by atoms with van der Waals surface area (Å²) in [6.45, 7) is 3.07. The summed E-state index contributed by atoms with van der Waals surface area (Å²) < 4.78 is 12.1. The molecule has 34 heavy (non-hydrogen) atoms. The molecule has 7 heteroatoms. The van der Waals surface area contributed by atoms with Crippen LogP contribution < -0.4 is 14.8 Å². The smallest absolute Gasteiger partial charge is 0.251 e. The van der Waals surface area contributed by atoms with Crippen LogP contribution in [0.2, 0.25) is 0 Å². The zero-order valence-corrected chi connectivity index (χ0v) is 19.6. The van der Waals surface area contributed by atoms with Gasteiger partial charge in [-0.1, -0.05) is 30.3 Å². The zero-order chi connectivity index (χ0) is 23.4. The fraction of sp³-hybridized carbons (Fsp3) is 0.481. The number of ether oxygens (including phenoxy) is 2. The Bertz CT molecular complexity index is 1010. The van der Waals surface area contributed by atoms with Crippen LogP contribution in [0.3, 0.4) is 0 Å². The Balaban J connectivity index is 1.03. The largest absolute Gasteiger partial charge is 0.448 e. The minimum absolute atomic E-state index is 0.0583. The van der Waals surface area contributed by atoms with Crippen LogP contribution in [0.4, 0.5) is 5.69 Å². The molecule has 0 atom stereocenters. The van der Waals surface area contributed by atoms with Gasteiger partial charge in [-0.25, -0.2) is 0 Å². The first-order chi connectivity index (χ1) is 16.6. The lowest BCUT2D eigenvalue weighted by molar-refractivity contribution is -0.133. The van der Waals surface area contributed by atoms with Crippen LogP contribution in [0.5, 0.6) is 11.5 Å². The number of nitrogens with zero attached hydrogens (tertiary/aromatic N) is 2. The Morgan fingerprint density at radius 1 is 0.912 bits per heavy atom. The van der Waals surface area contributed by atoms with Gasteiger partial charge in [-0.3, -0.25) is 14.5 Å². The molecule has 2 heterocycles. The van der Waals surface area contributed by atoms with Crippen molar-refractivity contribution in [3.8, 4) is 11.5 Å². The minimum Gasteiger partial charge on any atom is -0.448 e. The molecule has 1 saturated carbocycles. The first-order valence-corrected chi connectivity index (χ1v) is 12.4. The molecule has 0 unspecified atom stereocenters. The van der Waals surface area contributed by atoms with Crippen molar-refractivity contribution in [1.82, 2.24) is 9.80 Å². The minimum atomic E-state index is -0.496. The van der Waals surface area contributed by atoms with E-state index in [1.54, 1.807) is 0 Å². The molecule has 5 rings (SSSR count).